The van der Waals surface area contributed by atoms with Gasteiger partial charge >= 0.3 is 18.1 Å². The van der Waals surface area contributed by atoms with E-state index in [2.05, 4.69) is 6.58 Å². The Morgan fingerprint density at radius 1 is 0.975 bits per heavy atom. The SMILES string of the molecule is C=CCOC(=O)O[C@H]1[C@H](OCc2ccccc2)[C@@H](COC(C)=O)OC(O)[C@@H]1O[C@@H](C(=O)OCC)c1ccccc1. The van der Waals surface area contributed by atoms with Gasteiger partial charge in [-0.05, 0) is 18.1 Å². The molecule has 2 aromatic rings. The molecular weight excluding hydrogens is 524 g/mol. The maximum Gasteiger partial charge on any atom is 0.509 e. The average Bonchev–Trinajstić information content (AvgIpc) is 2.95. The maximum absolute atomic E-state index is 12.9. The predicted molar refractivity (Wildman–Crippen MR) is 140 cm³/mol. The lowest BCUT2D eigenvalue weighted by atomic mass is 9.97. The summed E-state index contributed by atoms with van der Waals surface area (Å²) >= 11 is 0. The van der Waals surface area contributed by atoms with Gasteiger partial charge in [0.25, 0.3) is 0 Å². The summed E-state index contributed by atoms with van der Waals surface area (Å²) in [6, 6.07) is 17.6. The highest BCUT2D eigenvalue weighted by Crippen LogP contribution is 2.33. The first-order valence-corrected chi connectivity index (χ1v) is 12.8. The molecule has 216 valence electrons. The Morgan fingerprint density at radius 3 is 2.27 bits per heavy atom. The van der Waals surface area contributed by atoms with E-state index in [1.54, 1.807) is 37.3 Å². The third-order valence-corrected chi connectivity index (χ3v) is 5.79. The van der Waals surface area contributed by atoms with Gasteiger partial charge in [-0.1, -0.05) is 73.3 Å². The zero-order valence-corrected chi connectivity index (χ0v) is 22.4. The minimum atomic E-state index is -1.73. The van der Waals surface area contributed by atoms with E-state index >= 15 is 0 Å². The fraction of sp³-hybridized carbons (Fsp3) is 0.414. The van der Waals surface area contributed by atoms with Crippen LogP contribution in [0.3, 0.4) is 0 Å². The van der Waals surface area contributed by atoms with Crippen LogP contribution in [0.4, 0.5) is 4.79 Å². The Hall–Kier alpha value is -3.77. The Kier molecular flexibility index (Phi) is 12.1. The van der Waals surface area contributed by atoms with Gasteiger partial charge in [-0.25, -0.2) is 9.59 Å². The van der Waals surface area contributed by atoms with Crippen molar-refractivity contribution < 1.29 is 52.6 Å². The molecule has 11 heteroatoms. The number of hydrogen-bond donors (Lipinski definition) is 1. The van der Waals surface area contributed by atoms with Crippen LogP contribution in [0, 0.1) is 0 Å². The van der Waals surface area contributed by atoms with Gasteiger partial charge < -0.3 is 38.3 Å². The first-order valence-electron chi connectivity index (χ1n) is 12.8. The quantitative estimate of drug-likeness (QED) is 0.220. The van der Waals surface area contributed by atoms with Crippen LogP contribution in [-0.4, -0.2) is 73.7 Å². The van der Waals surface area contributed by atoms with Gasteiger partial charge in [0.05, 0.1) is 13.2 Å². The van der Waals surface area contributed by atoms with E-state index in [1.807, 2.05) is 30.3 Å². The van der Waals surface area contributed by atoms with Crippen molar-refractivity contribution in [3.8, 4) is 0 Å². The Bertz CT molecular complexity index is 1090. The van der Waals surface area contributed by atoms with Crippen LogP contribution in [-0.2, 0) is 49.4 Å². The van der Waals surface area contributed by atoms with Crippen LogP contribution < -0.4 is 0 Å². The van der Waals surface area contributed by atoms with Gasteiger partial charge in [0.15, 0.2) is 18.5 Å². The Labute approximate surface area is 232 Å². The van der Waals surface area contributed by atoms with Crippen LogP contribution in [0.25, 0.3) is 0 Å². The number of aliphatic hydroxyl groups excluding tert-OH is 1. The van der Waals surface area contributed by atoms with Crippen molar-refractivity contribution in [1.82, 2.24) is 0 Å². The predicted octanol–water partition coefficient (Wildman–Crippen LogP) is 3.25. The number of ether oxygens (including phenoxy) is 7. The van der Waals surface area contributed by atoms with E-state index in [1.165, 1.54) is 13.0 Å². The van der Waals surface area contributed by atoms with Crippen LogP contribution >= 0.6 is 0 Å². The third kappa shape index (κ3) is 8.88. The summed E-state index contributed by atoms with van der Waals surface area (Å²) in [6.07, 6.45) is -7.78. The molecule has 0 aliphatic carbocycles. The normalized spacial score (nSPS) is 22.9. The second-order valence-corrected chi connectivity index (χ2v) is 8.70. The molecule has 0 spiro atoms. The molecule has 1 saturated heterocycles. The Morgan fingerprint density at radius 2 is 1.65 bits per heavy atom. The molecule has 0 radical (unpaired) electrons. The molecule has 1 heterocycles. The summed E-state index contributed by atoms with van der Waals surface area (Å²) in [5.41, 5.74) is 1.23. The van der Waals surface area contributed by atoms with Crippen LogP contribution in [0.5, 0.6) is 0 Å². The summed E-state index contributed by atoms with van der Waals surface area (Å²) in [5, 5.41) is 11.0. The second-order valence-electron chi connectivity index (χ2n) is 8.70. The summed E-state index contributed by atoms with van der Waals surface area (Å²) in [4.78, 5) is 37.1. The van der Waals surface area contributed by atoms with E-state index in [0.29, 0.717) is 5.56 Å². The zero-order valence-electron chi connectivity index (χ0n) is 22.4. The van der Waals surface area contributed by atoms with Gasteiger partial charge in [0.1, 0.15) is 31.5 Å². The number of benzene rings is 2. The van der Waals surface area contributed by atoms with Crippen LogP contribution in [0.15, 0.2) is 73.3 Å². The van der Waals surface area contributed by atoms with Gasteiger partial charge in [0.2, 0.25) is 0 Å². The highest BCUT2D eigenvalue weighted by molar-refractivity contribution is 5.76. The smallest absolute Gasteiger partial charge is 0.464 e. The molecule has 6 atom stereocenters. The number of esters is 2. The standard InChI is InChI=1S/C29H34O11/c1-4-16-35-29(33)40-25-24(37-17-20-12-8-6-9-13-20)22(18-36-19(3)30)38-28(32)26(25)39-23(27(31)34-5-2)21-14-10-7-11-15-21/h4,6-15,22-26,28,32H,1,5,16-18H2,2-3H3/t22-,23-,24-,25+,26-,28?/m1/s1. The number of aliphatic hydroxyl groups is 1. The molecule has 0 aromatic heterocycles. The van der Waals surface area contributed by atoms with Crippen LogP contribution in [0.2, 0.25) is 0 Å². The van der Waals surface area contributed by atoms with Crippen LogP contribution in [0.1, 0.15) is 31.1 Å². The minimum Gasteiger partial charge on any atom is -0.464 e. The molecule has 1 unspecified atom stereocenters. The third-order valence-electron chi connectivity index (χ3n) is 5.79. The van der Waals surface area contributed by atoms with E-state index < -0.39 is 54.9 Å². The molecule has 40 heavy (non-hydrogen) atoms. The highest BCUT2D eigenvalue weighted by Gasteiger charge is 2.51. The van der Waals surface area contributed by atoms with E-state index in [4.69, 9.17) is 33.2 Å². The van der Waals surface area contributed by atoms with Crippen molar-refractivity contribution in [2.24, 2.45) is 0 Å². The molecular formula is C29H34O11. The fourth-order valence-corrected chi connectivity index (χ4v) is 4.02. The van der Waals surface area contributed by atoms with E-state index in [-0.39, 0.29) is 26.4 Å². The number of rotatable bonds is 13. The van der Waals surface area contributed by atoms with Crippen molar-refractivity contribution >= 4 is 18.1 Å². The molecule has 1 fully saturated rings. The van der Waals surface area contributed by atoms with Gasteiger partial charge in [0, 0.05) is 6.92 Å². The minimum absolute atomic E-state index is 0.0514. The largest absolute Gasteiger partial charge is 0.509 e. The van der Waals surface area contributed by atoms with E-state index in [0.717, 1.165) is 5.56 Å². The monoisotopic (exact) mass is 558 g/mol. The summed E-state index contributed by atoms with van der Waals surface area (Å²) in [6.45, 7) is 6.04. The van der Waals surface area contributed by atoms with Crippen molar-refractivity contribution in [3.63, 3.8) is 0 Å². The fourth-order valence-electron chi connectivity index (χ4n) is 4.02. The van der Waals surface area contributed by atoms with Crippen molar-refractivity contribution in [3.05, 3.63) is 84.4 Å². The van der Waals surface area contributed by atoms with Gasteiger partial charge in [-0.3, -0.25) is 4.79 Å². The van der Waals surface area contributed by atoms with Gasteiger partial charge in [-0.15, -0.1) is 0 Å². The first-order chi connectivity index (χ1) is 19.3. The number of hydrogen-bond acceptors (Lipinski definition) is 11. The van der Waals surface area contributed by atoms with Crippen molar-refractivity contribution in [2.45, 2.75) is 57.3 Å². The maximum atomic E-state index is 12.9. The molecule has 0 saturated carbocycles. The van der Waals surface area contributed by atoms with Crippen molar-refractivity contribution in [2.75, 3.05) is 19.8 Å². The molecule has 2 aromatic carbocycles. The topological polar surface area (TPSA) is 136 Å². The summed E-state index contributed by atoms with van der Waals surface area (Å²) in [5.74, 6) is -1.31. The lowest BCUT2D eigenvalue weighted by Crippen LogP contribution is -2.62. The zero-order chi connectivity index (χ0) is 28.9. The Balaban J connectivity index is 1.97. The van der Waals surface area contributed by atoms with Crippen molar-refractivity contribution in [1.29, 1.82) is 0 Å². The molecule has 1 aliphatic rings. The number of carbonyl (C=O) groups is 3. The van der Waals surface area contributed by atoms with Gasteiger partial charge in [-0.2, -0.15) is 0 Å². The molecule has 11 nitrogen and oxygen atoms in total. The summed E-state index contributed by atoms with van der Waals surface area (Å²) < 4.78 is 38.9. The average molecular weight is 559 g/mol. The molecule has 0 bridgehead atoms. The highest BCUT2D eigenvalue weighted by atomic mass is 16.8. The lowest BCUT2D eigenvalue weighted by Gasteiger charge is -2.44. The second kappa shape index (κ2) is 15.7. The molecule has 1 N–H and O–H groups in total. The summed E-state index contributed by atoms with van der Waals surface area (Å²) in [7, 11) is 0. The molecule has 3 rings (SSSR count). The van der Waals surface area contributed by atoms with E-state index in [9.17, 15) is 19.5 Å². The number of carbonyl (C=O) groups excluding carboxylic acids is 3. The molecule has 0 amide bonds. The molecule has 1 aliphatic heterocycles. The first kappa shape index (κ1) is 30.8. The lowest BCUT2D eigenvalue weighted by molar-refractivity contribution is -0.312.